The third-order valence-corrected chi connectivity index (χ3v) is 7.15. The minimum atomic E-state index is -3.66. The minimum absolute atomic E-state index is 0.284. The molecule has 0 N–H and O–H groups in total. The molecule has 1 aliphatic rings. The van der Waals surface area contributed by atoms with Gasteiger partial charge in [0.25, 0.3) is 10.0 Å². The van der Waals surface area contributed by atoms with Crippen molar-refractivity contribution in [2.24, 2.45) is 0 Å². The van der Waals surface area contributed by atoms with E-state index < -0.39 is 10.0 Å². The fraction of sp³-hybridized carbons (Fsp3) is 0.300. The highest BCUT2D eigenvalue weighted by atomic mass is 35.5. The van der Waals surface area contributed by atoms with E-state index in [1.807, 2.05) is 18.2 Å². The van der Waals surface area contributed by atoms with Crippen molar-refractivity contribution in [2.75, 3.05) is 20.1 Å². The van der Waals surface area contributed by atoms with E-state index in [9.17, 15) is 8.42 Å². The van der Waals surface area contributed by atoms with Crippen LogP contribution >= 0.6 is 11.6 Å². The van der Waals surface area contributed by atoms with Gasteiger partial charge in [0, 0.05) is 16.6 Å². The van der Waals surface area contributed by atoms with Crippen LogP contribution in [0.15, 0.2) is 59.6 Å². The molecule has 0 atom stereocenters. The molecule has 1 aliphatic heterocycles. The van der Waals surface area contributed by atoms with Crippen LogP contribution in [-0.4, -0.2) is 37.4 Å². The Morgan fingerprint density at radius 1 is 1.04 bits per heavy atom. The first-order chi connectivity index (χ1) is 12.5. The number of piperidine rings is 1. The van der Waals surface area contributed by atoms with Crippen LogP contribution < -0.4 is 0 Å². The Labute approximate surface area is 159 Å². The zero-order valence-electron chi connectivity index (χ0n) is 14.6. The third kappa shape index (κ3) is 3.04. The van der Waals surface area contributed by atoms with Gasteiger partial charge in [-0.25, -0.2) is 12.4 Å². The van der Waals surface area contributed by atoms with Gasteiger partial charge in [0.2, 0.25) is 0 Å². The smallest absolute Gasteiger partial charge is 0.268 e. The van der Waals surface area contributed by atoms with Crippen molar-refractivity contribution >= 4 is 32.5 Å². The quantitative estimate of drug-likeness (QED) is 0.670. The van der Waals surface area contributed by atoms with E-state index >= 15 is 0 Å². The van der Waals surface area contributed by atoms with Crippen molar-refractivity contribution in [3.05, 3.63) is 65.3 Å². The van der Waals surface area contributed by atoms with E-state index in [2.05, 4.69) is 11.9 Å². The van der Waals surface area contributed by atoms with Gasteiger partial charge in [-0.1, -0.05) is 35.9 Å². The van der Waals surface area contributed by atoms with Crippen LogP contribution in [-0.2, 0) is 10.0 Å². The molecule has 0 spiro atoms. The number of hydrogen-bond acceptors (Lipinski definition) is 3. The van der Waals surface area contributed by atoms with Gasteiger partial charge in [0.05, 0.1) is 10.4 Å². The van der Waals surface area contributed by atoms with E-state index in [0.717, 1.165) is 36.9 Å². The molecule has 1 saturated heterocycles. The molecule has 2 heterocycles. The van der Waals surface area contributed by atoms with E-state index in [0.29, 0.717) is 16.5 Å². The van der Waals surface area contributed by atoms with Crippen molar-refractivity contribution in [3.8, 4) is 0 Å². The summed E-state index contributed by atoms with van der Waals surface area (Å²) in [5, 5.41) is 1.51. The highest BCUT2D eigenvalue weighted by Gasteiger charge is 2.26. The average molecular weight is 389 g/mol. The van der Waals surface area contributed by atoms with E-state index in [4.69, 9.17) is 11.6 Å². The van der Waals surface area contributed by atoms with E-state index in [-0.39, 0.29) is 4.90 Å². The van der Waals surface area contributed by atoms with Crippen LogP contribution in [0.4, 0.5) is 0 Å². The first-order valence-electron chi connectivity index (χ1n) is 8.76. The van der Waals surface area contributed by atoms with Gasteiger partial charge in [-0.05, 0) is 68.7 Å². The fourth-order valence-corrected chi connectivity index (χ4v) is 5.30. The molecule has 4 nitrogen and oxygen atoms in total. The predicted octanol–water partition coefficient (Wildman–Crippen LogP) is 4.34. The Morgan fingerprint density at radius 2 is 1.73 bits per heavy atom. The average Bonchev–Trinajstić information content (AvgIpc) is 3.02. The van der Waals surface area contributed by atoms with Crippen LogP contribution in [0.2, 0.25) is 5.02 Å². The van der Waals surface area contributed by atoms with Gasteiger partial charge in [0.1, 0.15) is 0 Å². The minimum Gasteiger partial charge on any atom is -0.306 e. The Bertz CT molecular complexity index is 1040. The molecule has 0 radical (unpaired) electrons. The monoisotopic (exact) mass is 388 g/mol. The summed E-state index contributed by atoms with van der Waals surface area (Å²) in [6.07, 6.45) is 3.87. The normalized spacial score (nSPS) is 17.0. The zero-order valence-corrected chi connectivity index (χ0v) is 16.2. The summed E-state index contributed by atoms with van der Waals surface area (Å²) in [6.45, 7) is 2.05. The number of rotatable bonds is 3. The second-order valence-corrected chi connectivity index (χ2v) is 9.19. The lowest BCUT2D eigenvalue weighted by molar-refractivity contribution is 0.256. The van der Waals surface area contributed by atoms with Gasteiger partial charge >= 0.3 is 0 Å². The molecule has 0 amide bonds. The van der Waals surface area contributed by atoms with Crippen LogP contribution in [0.1, 0.15) is 24.3 Å². The Hall–Kier alpha value is -1.82. The van der Waals surface area contributed by atoms with Gasteiger partial charge in [0.15, 0.2) is 0 Å². The lowest BCUT2D eigenvalue weighted by Crippen LogP contribution is -2.29. The molecule has 6 heteroatoms. The maximum atomic E-state index is 13.2. The molecule has 136 valence electrons. The molecule has 3 aromatic rings. The predicted molar refractivity (Wildman–Crippen MR) is 105 cm³/mol. The summed E-state index contributed by atoms with van der Waals surface area (Å²) < 4.78 is 27.8. The maximum absolute atomic E-state index is 13.2. The SMILES string of the molecule is CN1CCC(c2cn(S(=O)(=O)c3ccccc3)c3cc(Cl)ccc23)CC1. The molecule has 1 aromatic heterocycles. The second kappa shape index (κ2) is 6.72. The molecule has 0 aliphatic carbocycles. The van der Waals surface area contributed by atoms with Crippen molar-refractivity contribution in [2.45, 2.75) is 23.7 Å². The summed E-state index contributed by atoms with van der Waals surface area (Å²) >= 11 is 6.19. The summed E-state index contributed by atoms with van der Waals surface area (Å²) in [6, 6.07) is 14.1. The molecular weight excluding hydrogens is 368 g/mol. The lowest BCUT2D eigenvalue weighted by atomic mass is 9.89. The Morgan fingerprint density at radius 3 is 2.42 bits per heavy atom. The molecule has 26 heavy (non-hydrogen) atoms. The third-order valence-electron chi connectivity index (χ3n) is 5.22. The molecule has 1 fully saturated rings. The summed E-state index contributed by atoms with van der Waals surface area (Å²) in [5.74, 6) is 0.363. The Kier molecular flexibility index (Phi) is 4.55. The van der Waals surface area contributed by atoms with Crippen molar-refractivity contribution in [1.29, 1.82) is 0 Å². The van der Waals surface area contributed by atoms with Crippen molar-refractivity contribution in [3.63, 3.8) is 0 Å². The van der Waals surface area contributed by atoms with E-state index in [1.54, 1.807) is 36.5 Å². The number of aromatic nitrogens is 1. The van der Waals surface area contributed by atoms with Gasteiger partial charge < -0.3 is 4.90 Å². The number of likely N-dealkylation sites (tertiary alicyclic amines) is 1. The standard InChI is InChI=1S/C20H21ClN2O2S/c1-22-11-9-15(10-12-22)19-14-23(20-13-16(21)7-8-18(19)20)26(24,25)17-5-3-2-4-6-17/h2-8,13-15H,9-12H2,1H3. The highest BCUT2D eigenvalue weighted by Crippen LogP contribution is 2.36. The van der Waals surface area contributed by atoms with Crippen LogP contribution in [0.3, 0.4) is 0 Å². The lowest BCUT2D eigenvalue weighted by Gasteiger charge is -2.28. The first-order valence-corrected chi connectivity index (χ1v) is 10.6. The number of halogens is 1. The molecule has 4 rings (SSSR count). The van der Waals surface area contributed by atoms with Crippen LogP contribution in [0.25, 0.3) is 10.9 Å². The molecule has 0 saturated carbocycles. The summed E-state index contributed by atoms with van der Waals surface area (Å²) in [7, 11) is -1.54. The first kappa shape index (κ1) is 17.6. The zero-order chi connectivity index (χ0) is 18.3. The Balaban J connectivity index is 1.89. The number of benzene rings is 2. The number of hydrogen-bond donors (Lipinski definition) is 0. The van der Waals surface area contributed by atoms with Gasteiger partial charge in [-0.2, -0.15) is 0 Å². The number of fused-ring (bicyclic) bond motifs is 1. The van der Waals surface area contributed by atoms with Crippen molar-refractivity contribution < 1.29 is 8.42 Å². The number of nitrogens with zero attached hydrogens (tertiary/aromatic N) is 2. The molecule has 0 unspecified atom stereocenters. The topological polar surface area (TPSA) is 42.3 Å². The summed E-state index contributed by atoms with van der Waals surface area (Å²) in [4.78, 5) is 2.60. The van der Waals surface area contributed by atoms with E-state index in [1.165, 1.54) is 3.97 Å². The fourth-order valence-electron chi connectivity index (χ4n) is 3.75. The second-order valence-electron chi connectivity index (χ2n) is 6.94. The molecule has 0 bridgehead atoms. The summed E-state index contributed by atoms with van der Waals surface area (Å²) in [5.41, 5.74) is 1.75. The van der Waals surface area contributed by atoms with Crippen LogP contribution in [0.5, 0.6) is 0 Å². The molecular formula is C20H21ClN2O2S. The van der Waals surface area contributed by atoms with Gasteiger partial charge in [-0.15, -0.1) is 0 Å². The maximum Gasteiger partial charge on any atom is 0.268 e. The van der Waals surface area contributed by atoms with Crippen LogP contribution in [0, 0.1) is 0 Å². The van der Waals surface area contributed by atoms with Crippen molar-refractivity contribution in [1.82, 2.24) is 8.87 Å². The highest BCUT2D eigenvalue weighted by molar-refractivity contribution is 7.90. The largest absolute Gasteiger partial charge is 0.306 e. The molecule has 2 aromatic carbocycles. The van der Waals surface area contributed by atoms with Gasteiger partial charge in [-0.3, -0.25) is 0 Å².